The molecule has 5 N–H and O–H groups in total. The van der Waals surface area contributed by atoms with Gasteiger partial charge in [-0.25, -0.2) is 9.37 Å². The number of unbranched alkanes of at least 4 members (excludes halogenated alkanes) is 1. The van der Waals surface area contributed by atoms with Crippen molar-refractivity contribution >= 4 is 34.0 Å². The first-order valence-electron chi connectivity index (χ1n) is 8.25. The number of nitrogens with one attached hydrogen (secondary N) is 1. The van der Waals surface area contributed by atoms with Gasteiger partial charge in [0.15, 0.2) is 5.13 Å². The number of thiazole rings is 1. The summed E-state index contributed by atoms with van der Waals surface area (Å²) in [4.78, 5) is 26.1. The molecule has 0 bridgehead atoms. The van der Waals surface area contributed by atoms with Crippen molar-refractivity contribution in [2.45, 2.75) is 37.8 Å². The SMILES string of the molecule is NC(=O)C(CCCCC(=O)Nc1ncc(C(F)(F)F)s1)c1ccc(F)cc1N. The minimum absolute atomic E-state index is 0.0330. The first-order valence-corrected chi connectivity index (χ1v) is 9.06. The lowest BCUT2D eigenvalue weighted by Crippen LogP contribution is -2.22. The van der Waals surface area contributed by atoms with Crippen molar-refractivity contribution in [3.05, 3.63) is 40.7 Å². The quantitative estimate of drug-likeness (QED) is 0.345. The Balaban J connectivity index is 1.84. The van der Waals surface area contributed by atoms with Crippen molar-refractivity contribution in [2.75, 3.05) is 11.1 Å². The number of hydrogen-bond donors (Lipinski definition) is 3. The van der Waals surface area contributed by atoms with E-state index in [1.165, 1.54) is 12.1 Å². The summed E-state index contributed by atoms with van der Waals surface area (Å²) in [5, 5.41) is 2.17. The first kappa shape index (κ1) is 21.6. The molecule has 152 valence electrons. The van der Waals surface area contributed by atoms with Crippen LogP contribution in [0, 0.1) is 5.82 Å². The highest BCUT2D eigenvalue weighted by Crippen LogP contribution is 2.35. The zero-order chi connectivity index (χ0) is 20.9. The molecule has 1 aromatic carbocycles. The van der Waals surface area contributed by atoms with E-state index >= 15 is 0 Å². The molecular formula is C17H18F4N4O2S. The minimum atomic E-state index is -4.51. The van der Waals surface area contributed by atoms with E-state index in [-0.39, 0.29) is 17.2 Å². The van der Waals surface area contributed by atoms with E-state index in [9.17, 15) is 27.2 Å². The molecule has 0 spiro atoms. The summed E-state index contributed by atoms with van der Waals surface area (Å²) in [7, 11) is 0. The van der Waals surface area contributed by atoms with Crippen LogP contribution in [0.2, 0.25) is 0 Å². The summed E-state index contributed by atoms with van der Waals surface area (Å²) in [6.07, 6.45) is -2.71. The Morgan fingerprint density at radius 3 is 2.54 bits per heavy atom. The van der Waals surface area contributed by atoms with Crippen LogP contribution in [0.1, 0.15) is 42.0 Å². The van der Waals surface area contributed by atoms with E-state index < -0.39 is 34.6 Å². The van der Waals surface area contributed by atoms with Crippen molar-refractivity contribution in [1.82, 2.24) is 4.98 Å². The lowest BCUT2D eigenvalue weighted by atomic mass is 9.91. The molecule has 1 heterocycles. The molecule has 1 aromatic heterocycles. The van der Waals surface area contributed by atoms with Crippen LogP contribution < -0.4 is 16.8 Å². The first-order chi connectivity index (χ1) is 13.1. The standard InChI is InChI=1S/C17H18F4N4O2S/c18-9-5-6-10(12(22)7-9)11(15(23)27)3-1-2-4-14(26)25-16-24-8-13(28-16)17(19,20)21/h5-8,11H,1-4,22H2,(H2,23,27)(H,24,25,26). The van der Waals surface area contributed by atoms with Gasteiger partial charge in [0.1, 0.15) is 10.7 Å². The van der Waals surface area contributed by atoms with E-state index in [2.05, 4.69) is 10.3 Å². The lowest BCUT2D eigenvalue weighted by Gasteiger charge is -2.16. The number of nitrogens with zero attached hydrogens (tertiary/aromatic N) is 1. The number of primary amides is 1. The molecule has 2 amide bonds. The number of amides is 2. The molecule has 0 aliphatic rings. The van der Waals surface area contributed by atoms with Gasteiger partial charge in [0, 0.05) is 12.1 Å². The highest BCUT2D eigenvalue weighted by atomic mass is 32.1. The second-order valence-corrected chi connectivity index (χ2v) is 7.08. The van der Waals surface area contributed by atoms with Gasteiger partial charge in [-0.1, -0.05) is 23.8 Å². The van der Waals surface area contributed by atoms with Gasteiger partial charge in [-0.15, -0.1) is 0 Å². The average Bonchev–Trinajstić information content (AvgIpc) is 3.04. The predicted molar refractivity (Wildman–Crippen MR) is 97.0 cm³/mol. The number of carbonyl (C=O) groups excluding carboxylic acids is 2. The topological polar surface area (TPSA) is 111 Å². The van der Waals surface area contributed by atoms with Crippen molar-refractivity contribution in [2.24, 2.45) is 5.73 Å². The third-order valence-corrected chi connectivity index (χ3v) is 4.90. The Kier molecular flexibility index (Phi) is 6.95. The molecule has 0 saturated carbocycles. The van der Waals surface area contributed by atoms with Gasteiger partial charge in [0.05, 0.1) is 12.1 Å². The fourth-order valence-electron chi connectivity index (χ4n) is 2.59. The Morgan fingerprint density at radius 1 is 1.25 bits per heavy atom. The van der Waals surface area contributed by atoms with Crippen LogP contribution in [0.5, 0.6) is 0 Å². The van der Waals surface area contributed by atoms with Gasteiger partial charge in [-0.2, -0.15) is 13.2 Å². The van der Waals surface area contributed by atoms with Crippen LogP contribution >= 0.6 is 11.3 Å². The van der Waals surface area contributed by atoms with Crippen molar-refractivity contribution in [1.29, 1.82) is 0 Å². The monoisotopic (exact) mass is 418 g/mol. The second-order valence-electron chi connectivity index (χ2n) is 6.05. The zero-order valence-electron chi connectivity index (χ0n) is 14.6. The molecule has 0 fully saturated rings. The number of carbonyl (C=O) groups is 2. The number of aromatic nitrogens is 1. The molecule has 0 aliphatic heterocycles. The van der Waals surface area contributed by atoms with Crippen LogP contribution in [0.25, 0.3) is 0 Å². The summed E-state index contributed by atoms with van der Waals surface area (Å²) < 4.78 is 50.7. The van der Waals surface area contributed by atoms with E-state index in [0.717, 1.165) is 6.07 Å². The molecule has 2 aromatic rings. The summed E-state index contributed by atoms with van der Waals surface area (Å²) in [6.45, 7) is 0. The molecule has 0 saturated heterocycles. The van der Waals surface area contributed by atoms with Crippen molar-refractivity contribution in [3.63, 3.8) is 0 Å². The summed E-state index contributed by atoms with van der Waals surface area (Å²) in [5.74, 6) is -2.36. The second kappa shape index (κ2) is 9.00. The predicted octanol–water partition coefficient (Wildman–Crippen LogP) is 3.65. The largest absolute Gasteiger partial charge is 0.427 e. The number of hydrogen-bond acceptors (Lipinski definition) is 5. The van der Waals surface area contributed by atoms with Crippen molar-refractivity contribution in [3.8, 4) is 0 Å². The fraction of sp³-hybridized carbons (Fsp3) is 0.353. The van der Waals surface area contributed by atoms with Crippen LogP contribution in [0.3, 0.4) is 0 Å². The Labute approximate surface area is 161 Å². The number of rotatable bonds is 8. The molecule has 0 aliphatic carbocycles. The van der Waals surface area contributed by atoms with Gasteiger partial charge in [0.25, 0.3) is 0 Å². The third-order valence-electron chi connectivity index (χ3n) is 3.95. The maximum atomic E-state index is 13.1. The third kappa shape index (κ3) is 5.91. The maximum absolute atomic E-state index is 13.1. The van der Waals surface area contributed by atoms with Gasteiger partial charge in [0.2, 0.25) is 11.8 Å². The molecule has 0 radical (unpaired) electrons. The average molecular weight is 418 g/mol. The number of halogens is 4. The zero-order valence-corrected chi connectivity index (χ0v) is 15.4. The number of anilines is 2. The number of alkyl halides is 3. The smallest absolute Gasteiger partial charge is 0.398 e. The summed E-state index contributed by atoms with van der Waals surface area (Å²) in [5.41, 5.74) is 11.7. The molecule has 28 heavy (non-hydrogen) atoms. The molecule has 11 heteroatoms. The molecular weight excluding hydrogens is 400 g/mol. The Bertz CT molecular complexity index is 854. The van der Waals surface area contributed by atoms with Crippen molar-refractivity contribution < 1.29 is 27.2 Å². The fourth-order valence-corrected chi connectivity index (χ4v) is 3.29. The highest BCUT2D eigenvalue weighted by Gasteiger charge is 2.33. The van der Waals surface area contributed by atoms with E-state index in [0.29, 0.717) is 42.4 Å². The van der Waals surface area contributed by atoms with Crippen LogP contribution in [-0.4, -0.2) is 16.8 Å². The van der Waals surface area contributed by atoms with Crippen LogP contribution in [0.15, 0.2) is 24.4 Å². The minimum Gasteiger partial charge on any atom is -0.398 e. The van der Waals surface area contributed by atoms with Gasteiger partial charge in [-0.3, -0.25) is 9.59 Å². The van der Waals surface area contributed by atoms with E-state index in [1.54, 1.807) is 0 Å². The van der Waals surface area contributed by atoms with Gasteiger partial charge < -0.3 is 16.8 Å². The summed E-state index contributed by atoms with van der Waals surface area (Å²) >= 11 is 0.342. The van der Waals surface area contributed by atoms with Gasteiger partial charge in [-0.05, 0) is 30.5 Å². The van der Waals surface area contributed by atoms with Crippen LogP contribution in [0.4, 0.5) is 28.4 Å². The highest BCUT2D eigenvalue weighted by molar-refractivity contribution is 7.15. The Hall–Kier alpha value is -2.69. The maximum Gasteiger partial charge on any atom is 0.427 e. The van der Waals surface area contributed by atoms with E-state index in [4.69, 9.17) is 11.5 Å². The molecule has 1 atom stereocenters. The molecule has 6 nitrogen and oxygen atoms in total. The number of nitrogen functional groups attached to an aromatic ring is 1. The Morgan fingerprint density at radius 2 is 1.96 bits per heavy atom. The summed E-state index contributed by atoms with van der Waals surface area (Å²) in [6, 6.07) is 3.67. The molecule has 2 rings (SSSR count). The normalized spacial score (nSPS) is 12.6. The van der Waals surface area contributed by atoms with Gasteiger partial charge >= 0.3 is 6.18 Å². The number of nitrogens with two attached hydrogens (primary N) is 2. The van der Waals surface area contributed by atoms with E-state index in [1.807, 2.05) is 0 Å². The molecule has 1 unspecified atom stereocenters. The van der Waals surface area contributed by atoms with Crippen LogP contribution in [-0.2, 0) is 15.8 Å². The number of benzene rings is 1. The lowest BCUT2D eigenvalue weighted by molar-refractivity contribution is -0.134.